The highest BCUT2D eigenvalue weighted by Crippen LogP contribution is 2.27. The topological polar surface area (TPSA) is 63.4 Å². The van der Waals surface area contributed by atoms with Crippen molar-refractivity contribution in [3.05, 3.63) is 70.8 Å². The van der Waals surface area contributed by atoms with Gasteiger partial charge in [0.2, 0.25) is 5.91 Å². The van der Waals surface area contributed by atoms with Gasteiger partial charge in [-0.1, -0.05) is 42.5 Å². The largest absolute Gasteiger partial charge is 0.340 e. The Morgan fingerprint density at radius 1 is 0.929 bits per heavy atom. The molecule has 0 radical (unpaired) electrons. The standard InChI is InChI=1S/C24H28N2O2/c25-22-16-26(15-21(22)18-7-2-1-3-8-18)24(28)13-12-23(27)20-11-10-17-6-4-5-9-19(17)14-20/h1-3,7-8,10-11,14,21-22H,4-6,9,12-13,15-16,25H2/t21-,22+/m0/s1. The zero-order valence-corrected chi connectivity index (χ0v) is 16.3. The molecular weight excluding hydrogens is 348 g/mol. The van der Waals surface area contributed by atoms with Crippen LogP contribution in [0.2, 0.25) is 0 Å². The SMILES string of the molecule is N[C@@H]1CN(C(=O)CCC(=O)c2ccc3c(c2)CCCC3)C[C@H]1c1ccccc1. The molecule has 1 amide bonds. The monoisotopic (exact) mass is 376 g/mol. The summed E-state index contributed by atoms with van der Waals surface area (Å²) in [7, 11) is 0. The summed E-state index contributed by atoms with van der Waals surface area (Å²) in [4.78, 5) is 27.1. The fraction of sp³-hybridized carbons (Fsp3) is 0.417. The Kier molecular flexibility index (Phi) is 5.58. The van der Waals surface area contributed by atoms with Crippen LogP contribution in [0.15, 0.2) is 48.5 Å². The van der Waals surface area contributed by atoms with Crippen molar-refractivity contribution in [2.45, 2.75) is 50.5 Å². The van der Waals surface area contributed by atoms with Gasteiger partial charge in [0.1, 0.15) is 0 Å². The molecule has 28 heavy (non-hydrogen) atoms. The summed E-state index contributed by atoms with van der Waals surface area (Å²) < 4.78 is 0. The molecule has 2 N–H and O–H groups in total. The molecule has 2 aliphatic rings. The van der Waals surface area contributed by atoms with Crippen molar-refractivity contribution >= 4 is 11.7 Å². The number of likely N-dealkylation sites (tertiary alicyclic amines) is 1. The molecule has 0 saturated carbocycles. The Labute approximate surface area is 166 Å². The molecular formula is C24H28N2O2. The van der Waals surface area contributed by atoms with Gasteiger partial charge in [-0.15, -0.1) is 0 Å². The third-order valence-electron chi connectivity index (χ3n) is 6.18. The van der Waals surface area contributed by atoms with Crippen molar-refractivity contribution in [1.29, 1.82) is 0 Å². The van der Waals surface area contributed by atoms with Gasteiger partial charge < -0.3 is 10.6 Å². The van der Waals surface area contributed by atoms with E-state index in [9.17, 15) is 9.59 Å². The van der Waals surface area contributed by atoms with Crippen LogP contribution in [0, 0.1) is 0 Å². The van der Waals surface area contributed by atoms with Crippen molar-refractivity contribution in [3.8, 4) is 0 Å². The molecule has 0 spiro atoms. The van der Waals surface area contributed by atoms with Crippen molar-refractivity contribution in [2.24, 2.45) is 5.73 Å². The number of nitrogens with zero attached hydrogens (tertiary/aromatic N) is 1. The molecule has 1 fully saturated rings. The van der Waals surface area contributed by atoms with E-state index in [0.717, 1.165) is 18.4 Å². The maximum Gasteiger partial charge on any atom is 0.223 e. The summed E-state index contributed by atoms with van der Waals surface area (Å²) >= 11 is 0. The second kappa shape index (κ2) is 8.27. The van der Waals surface area contributed by atoms with E-state index in [1.54, 1.807) is 0 Å². The van der Waals surface area contributed by atoms with Crippen molar-refractivity contribution in [3.63, 3.8) is 0 Å². The summed E-state index contributed by atoms with van der Waals surface area (Å²) in [6.07, 6.45) is 5.11. The molecule has 1 aliphatic heterocycles. The van der Waals surface area contributed by atoms with Gasteiger partial charge in [0.15, 0.2) is 5.78 Å². The van der Waals surface area contributed by atoms with E-state index in [-0.39, 0.29) is 36.5 Å². The number of Topliss-reactive ketones (excluding diaryl/α,β-unsaturated/α-hetero) is 1. The van der Waals surface area contributed by atoms with E-state index in [1.807, 2.05) is 35.2 Å². The third-order valence-corrected chi connectivity index (χ3v) is 6.18. The molecule has 1 aliphatic carbocycles. The first-order chi connectivity index (χ1) is 13.6. The molecule has 0 bridgehead atoms. The fourth-order valence-electron chi connectivity index (χ4n) is 4.52. The van der Waals surface area contributed by atoms with E-state index in [2.05, 4.69) is 18.2 Å². The predicted molar refractivity (Wildman–Crippen MR) is 110 cm³/mol. The van der Waals surface area contributed by atoms with Gasteiger partial charge in [-0.3, -0.25) is 9.59 Å². The Morgan fingerprint density at radius 2 is 1.68 bits per heavy atom. The summed E-state index contributed by atoms with van der Waals surface area (Å²) in [6.45, 7) is 1.20. The van der Waals surface area contributed by atoms with Crippen molar-refractivity contribution in [2.75, 3.05) is 13.1 Å². The molecule has 2 aromatic rings. The lowest BCUT2D eigenvalue weighted by Gasteiger charge is -2.17. The average Bonchev–Trinajstić information content (AvgIpc) is 3.13. The number of carbonyl (C=O) groups excluding carboxylic acids is 2. The molecule has 4 rings (SSSR count). The molecule has 2 atom stereocenters. The number of benzene rings is 2. The van der Waals surface area contributed by atoms with E-state index >= 15 is 0 Å². The maximum atomic E-state index is 12.7. The molecule has 0 unspecified atom stereocenters. The Hall–Kier alpha value is -2.46. The smallest absolute Gasteiger partial charge is 0.223 e. The molecule has 2 aromatic carbocycles. The average molecular weight is 377 g/mol. The van der Waals surface area contributed by atoms with E-state index in [0.29, 0.717) is 13.1 Å². The Morgan fingerprint density at radius 3 is 2.46 bits per heavy atom. The highest BCUT2D eigenvalue weighted by molar-refractivity contribution is 5.98. The van der Waals surface area contributed by atoms with Crippen molar-refractivity contribution in [1.82, 2.24) is 4.90 Å². The first-order valence-electron chi connectivity index (χ1n) is 10.3. The Balaban J connectivity index is 1.34. The van der Waals surface area contributed by atoms with Gasteiger partial charge in [0.25, 0.3) is 0 Å². The van der Waals surface area contributed by atoms with Crippen LogP contribution in [0.1, 0.15) is 58.6 Å². The van der Waals surface area contributed by atoms with Crippen LogP contribution in [0.5, 0.6) is 0 Å². The third kappa shape index (κ3) is 4.02. The number of ketones is 1. The highest BCUT2D eigenvalue weighted by Gasteiger charge is 2.33. The van der Waals surface area contributed by atoms with Crippen LogP contribution in [0.4, 0.5) is 0 Å². The first-order valence-corrected chi connectivity index (χ1v) is 10.3. The molecule has 4 heteroatoms. The van der Waals surface area contributed by atoms with Crippen LogP contribution in [0.3, 0.4) is 0 Å². The van der Waals surface area contributed by atoms with Gasteiger partial charge in [-0.2, -0.15) is 0 Å². The molecule has 4 nitrogen and oxygen atoms in total. The second-order valence-electron chi connectivity index (χ2n) is 8.09. The van der Waals surface area contributed by atoms with Crippen LogP contribution in [-0.2, 0) is 17.6 Å². The van der Waals surface area contributed by atoms with Gasteiger partial charge in [0, 0.05) is 43.5 Å². The van der Waals surface area contributed by atoms with E-state index in [4.69, 9.17) is 5.73 Å². The lowest BCUT2D eigenvalue weighted by atomic mass is 9.89. The van der Waals surface area contributed by atoms with E-state index < -0.39 is 0 Å². The summed E-state index contributed by atoms with van der Waals surface area (Å²) in [6, 6.07) is 16.1. The Bertz CT molecular complexity index is 862. The number of nitrogens with two attached hydrogens (primary N) is 1. The number of fused-ring (bicyclic) bond motifs is 1. The summed E-state index contributed by atoms with van der Waals surface area (Å²) in [5, 5.41) is 0. The number of aryl methyl sites for hydroxylation is 2. The van der Waals surface area contributed by atoms with Gasteiger partial charge in [-0.25, -0.2) is 0 Å². The molecule has 146 valence electrons. The minimum atomic E-state index is -0.0531. The second-order valence-corrected chi connectivity index (χ2v) is 8.09. The maximum absolute atomic E-state index is 12.7. The normalized spacial score (nSPS) is 21.4. The van der Waals surface area contributed by atoms with Crippen molar-refractivity contribution < 1.29 is 9.59 Å². The predicted octanol–water partition coefficient (Wildman–Crippen LogP) is 3.48. The molecule has 0 aromatic heterocycles. The molecule has 1 saturated heterocycles. The fourth-order valence-corrected chi connectivity index (χ4v) is 4.52. The quantitative estimate of drug-likeness (QED) is 0.813. The zero-order valence-electron chi connectivity index (χ0n) is 16.3. The number of amides is 1. The minimum absolute atomic E-state index is 0.0280. The first kappa shape index (κ1) is 18.9. The van der Waals surface area contributed by atoms with Gasteiger partial charge in [0.05, 0.1) is 0 Å². The van der Waals surface area contributed by atoms with Crippen LogP contribution < -0.4 is 5.73 Å². The van der Waals surface area contributed by atoms with E-state index in [1.165, 1.54) is 29.5 Å². The lowest BCUT2D eigenvalue weighted by Crippen LogP contribution is -2.32. The number of carbonyl (C=O) groups is 2. The summed E-state index contributed by atoms with van der Waals surface area (Å²) in [5.41, 5.74) is 10.9. The van der Waals surface area contributed by atoms with Crippen LogP contribution in [-0.4, -0.2) is 35.7 Å². The summed E-state index contributed by atoms with van der Waals surface area (Å²) in [5.74, 6) is 0.256. The number of hydrogen-bond acceptors (Lipinski definition) is 3. The minimum Gasteiger partial charge on any atom is -0.340 e. The number of hydrogen-bond donors (Lipinski definition) is 1. The zero-order chi connectivity index (χ0) is 19.5. The highest BCUT2D eigenvalue weighted by atomic mass is 16.2. The van der Waals surface area contributed by atoms with Gasteiger partial charge >= 0.3 is 0 Å². The lowest BCUT2D eigenvalue weighted by molar-refractivity contribution is -0.130. The van der Waals surface area contributed by atoms with Crippen LogP contribution in [0.25, 0.3) is 0 Å². The van der Waals surface area contributed by atoms with Crippen LogP contribution >= 0.6 is 0 Å². The van der Waals surface area contributed by atoms with Gasteiger partial charge in [-0.05, 0) is 48.4 Å². The number of rotatable bonds is 5. The molecule has 1 heterocycles.